The third kappa shape index (κ3) is 3.56. The Kier molecular flexibility index (Phi) is 5.72. The van der Waals surface area contributed by atoms with Crippen molar-refractivity contribution in [2.45, 2.75) is 24.7 Å². The van der Waals surface area contributed by atoms with Crippen molar-refractivity contribution in [3.63, 3.8) is 0 Å². The molecule has 1 nitrogen and oxygen atoms in total. The van der Waals surface area contributed by atoms with Gasteiger partial charge in [-0.3, -0.25) is 0 Å². The molecule has 3 aliphatic carbocycles. The Hall–Kier alpha value is -6.18. The van der Waals surface area contributed by atoms with Gasteiger partial charge in [0.2, 0.25) is 0 Å². The number of hydrogen-bond acceptors (Lipinski definition) is 1. The number of benzene rings is 8. The quantitative estimate of drug-likeness (QED) is 0.184. The Morgan fingerprint density at radius 1 is 0.392 bits per heavy atom. The summed E-state index contributed by atoms with van der Waals surface area (Å²) >= 11 is 0. The predicted octanol–water partition coefficient (Wildman–Crippen LogP) is 13.0. The number of anilines is 3. The summed E-state index contributed by atoms with van der Waals surface area (Å²) in [7, 11) is 0. The molecule has 0 heterocycles. The molecule has 1 spiro atoms. The molecule has 0 N–H and O–H groups in total. The lowest BCUT2D eigenvalue weighted by Crippen LogP contribution is -2.26. The van der Waals surface area contributed by atoms with Gasteiger partial charge in [0.15, 0.2) is 0 Å². The fourth-order valence-corrected chi connectivity index (χ4v) is 10.1. The van der Waals surface area contributed by atoms with Gasteiger partial charge in [-0.1, -0.05) is 166 Å². The van der Waals surface area contributed by atoms with Crippen LogP contribution in [0, 0.1) is 0 Å². The lowest BCUT2D eigenvalue weighted by atomic mass is 9.70. The second kappa shape index (κ2) is 10.2. The summed E-state index contributed by atoms with van der Waals surface area (Å²) in [4.78, 5) is 2.56. The number of para-hydroxylation sites is 1. The molecule has 0 aromatic heterocycles. The lowest BCUT2D eigenvalue weighted by molar-refractivity contribution is 0.666. The van der Waals surface area contributed by atoms with Gasteiger partial charge in [0.25, 0.3) is 0 Å². The third-order valence-corrected chi connectivity index (χ3v) is 12.0. The molecule has 51 heavy (non-hydrogen) atoms. The average molecular weight is 650 g/mol. The van der Waals surface area contributed by atoms with Gasteiger partial charge in [-0.05, 0) is 90.7 Å². The maximum atomic E-state index is 2.56. The molecule has 0 saturated heterocycles. The average Bonchev–Trinajstić information content (AvgIpc) is 3.75. The molecule has 1 heteroatoms. The largest absolute Gasteiger partial charge is 0.309 e. The first kappa shape index (κ1) is 28.6. The summed E-state index contributed by atoms with van der Waals surface area (Å²) in [5.74, 6) is 0. The van der Waals surface area contributed by atoms with Crippen molar-refractivity contribution in [1.82, 2.24) is 0 Å². The second-order valence-corrected chi connectivity index (χ2v) is 14.8. The zero-order valence-electron chi connectivity index (χ0n) is 28.7. The first-order chi connectivity index (χ1) is 25.1. The maximum absolute atomic E-state index is 2.56. The molecule has 8 aromatic rings. The molecule has 11 rings (SSSR count). The normalized spacial score (nSPS) is 14.8. The molecule has 240 valence electrons. The van der Waals surface area contributed by atoms with E-state index in [1.54, 1.807) is 0 Å². The van der Waals surface area contributed by atoms with E-state index in [9.17, 15) is 0 Å². The van der Waals surface area contributed by atoms with Crippen LogP contribution in [0.25, 0.3) is 44.2 Å². The second-order valence-electron chi connectivity index (χ2n) is 14.8. The molecular weight excluding hydrogens is 615 g/mol. The van der Waals surface area contributed by atoms with E-state index in [2.05, 4.69) is 195 Å². The van der Waals surface area contributed by atoms with Crippen LogP contribution in [0.2, 0.25) is 0 Å². The van der Waals surface area contributed by atoms with Gasteiger partial charge >= 0.3 is 0 Å². The van der Waals surface area contributed by atoms with Crippen LogP contribution >= 0.6 is 0 Å². The highest BCUT2D eigenvalue weighted by Gasteiger charge is 2.52. The van der Waals surface area contributed by atoms with Crippen LogP contribution in [0.5, 0.6) is 0 Å². The molecule has 8 aromatic carbocycles. The highest BCUT2D eigenvalue weighted by molar-refractivity contribution is 6.08. The zero-order valence-corrected chi connectivity index (χ0v) is 28.7. The van der Waals surface area contributed by atoms with Crippen LogP contribution in [-0.2, 0) is 10.8 Å². The summed E-state index contributed by atoms with van der Waals surface area (Å²) < 4.78 is 0. The van der Waals surface area contributed by atoms with E-state index in [0.29, 0.717) is 0 Å². The molecular formula is C50H35N. The Labute approximate surface area is 299 Å². The topological polar surface area (TPSA) is 3.24 Å². The summed E-state index contributed by atoms with van der Waals surface area (Å²) in [5.41, 5.74) is 19.1. The van der Waals surface area contributed by atoms with Gasteiger partial charge < -0.3 is 4.90 Å². The van der Waals surface area contributed by atoms with Crippen molar-refractivity contribution in [3.05, 3.63) is 209 Å². The summed E-state index contributed by atoms with van der Waals surface area (Å²) in [6, 6.07) is 65.8. The fraction of sp³-hybridized carbons (Fsp3) is 0.0800. The minimum Gasteiger partial charge on any atom is -0.309 e. The first-order valence-corrected chi connectivity index (χ1v) is 18.0. The van der Waals surface area contributed by atoms with Crippen LogP contribution in [0.3, 0.4) is 0 Å². The molecule has 0 bridgehead atoms. The fourth-order valence-electron chi connectivity index (χ4n) is 10.1. The maximum Gasteiger partial charge on any atom is 0.0726 e. The van der Waals surface area contributed by atoms with Crippen molar-refractivity contribution >= 4 is 27.8 Å². The van der Waals surface area contributed by atoms with Crippen molar-refractivity contribution < 1.29 is 0 Å². The highest BCUT2D eigenvalue weighted by Crippen LogP contribution is 2.65. The van der Waals surface area contributed by atoms with E-state index >= 15 is 0 Å². The van der Waals surface area contributed by atoms with Crippen LogP contribution in [0.15, 0.2) is 176 Å². The minimum absolute atomic E-state index is 0.156. The van der Waals surface area contributed by atoms with E-state index in [4.69, 9.17) is 0 Å². The standard InChI is InChI=1S/C50H35N/c1-49(2)39-25-12-10-23-37(39)47-45(31-32-17-6-7-20-34(32)48(47)49)51(33-18-4-3-5-19-33)44-30-16-29-43-46(44)38-24-11-15-28-42(38)50(43)40-26-13-8-21-35(40)36-22-9-14-27-41(36)50/h3-31H,1-2H3. The summed E-state index contributed by atoms with van der Waals surface area (Å²) in [5, 5.41) is 2.59. The first-order valence-electron chi connectivity index (χ1n) is 18.0. The molecule has 0 unspecified atom stereocenters. The molecule has 0 atom stereocenters. The minimum atomic E-state index is -0.405. The monoisotopic (exact) mass is 649 g/mol. The smallest absolute Gasteiger partial charge is 0.0726 e. The number of fused-ring (bicyclic) bond motifs is 15. The Morgan fingerprint density at radius 3 is 1.59 bits per heavy atom. The SMILES string of the molecule is CC1(C)c2ccccc2-c2c(N(c3ccccc3)c3cccc4c3-c3ccccc3C43c4ccccc4-c4ccccc43)cc3ccccc3c21. The van der Waals surface area contributed by atoms with Gasteiger partial charge in [-0.2, -0.15) is 0 Å². The molecule has 0 aliphatic heterocycles. The molecule has 0 fully saturated rings. The van der Waals surface area contributed by atoms with Crippen LogP contribution in [-0.4, -0.2) is 0 Å². The van der Waals surface area contributed by atoms with Gasteiger partial charge in [0.1, 0.15) is 0 Å². The van der Waals surface area contributed by atoms with Crippen molar-refractivity contribution in [1.29, 1.82) is 0 Å². The van der Waals surface area contributed by atoms with E-state index in [-0.39, 0.29) is 5.41 Å². The van der Waals surface area contributed by atoms with Crippen molar-refractivity contribution in [2.75, 3.05) is 4.90 Å². The summed E-state index contributed by atoms with van der Waals surface area (Å²) in [6.45, 7) is 4.80. The van der Waals surface area contributed by atoms with Gasteiger partial charge in [-0.15, -0.1) is 0 Å². The number of hydrogen-bond donors (Lipinski definition) is 0. The van der Waals surface area contributed by atoms with E-state index in [1.807, 2.05) is 0 Å². The number of rotatable bonds is 3. The predicted molar refractivity (Wildman–Crippen MR) is 212 cm³/mol. The van der Waals surface area contributed by atoms with Gasteiger partial charge in [0, 0.05) is 22.2 Å². The highest BCUT2D eigenvalue weighted by atomic mass is 15.1. The van der Waals surface area contributed by atoms with Gasteiger partial charge in [-0.25, -0.2) is 0 Å². The Balaban J connectivity index is 1.29. The molecule has 0 radical (unpaired) electrons. The Morgan fingerprint density at radius 2 is 0.902 bits per heavy atom. The van der Waals surface area contributed by atoms with Crippen molar-refractivity contribution in [2.24, 2.45) is 0 Å². The third-order valence-electron chi connectivity index (χ3n) is 12.0. The molecule has 0 saturated carbocycles. The van der Waals surface area contributed by atoms with Crippen LogP contribution < -0.4 is 4.90 Å². The van der Waals surface area contributed by atoms with E-state index < -0.39 is 5.41 Å². The van der Waals surface area contributed by atoms with Crippen LogP contribution in [0.1, 0.15) is 47.2 Å². The summed E-state index contributed by atoms with van der Waals surface area (Å²) in [6.07, 6.45) is 0. The Bertz CT molecular complexity index is 2690. The number of nitrogens with zero attached hydrogens (tertiary/aromatic N) is 1. The van der Waals surface area contributed by atoms with E-state index in [0.717, 1.165) is 5.69 Å². The molecule has 3 aliphatic rings. The van der Waals surface area contributed by atoms with Crippen molar-refractivity contribution in [3.8, 4) is 33.4 Å². The lowest BCUT2D eigenvalue weighted by Gasteiger charge is -2.33. The van der Waals surface area contributed by atoms with Gasteiger partial charge in [0.05, 0.1) is 16.8 Å². The molecule has 0 amide bonds. The van der Waals surface area contributed by atoms with Crippen LogP contribution in [0.4, 0.5) is 17.1 Å². The van der Waals surface area contributed by atoms with E-state index in [1.165, 1.54) is 88.9 Å². The zero-order chi connectivity index (χ0) is 33.9.